The van der Waals surface area contributed by atoms with Crippen LogP contribution in [0.1, 0.15) is 49.9 Å². The zero-order chi connectivity index (χ0) is 29.3. The van der Waals surface area contributed by atoms with Crippen LogP contribution in [0, 0.1) is 5.92 Å². The summed E-state index contributed by atoms with van der Waals surface area (Å²) in [5.41, 5.74) is 14.5. The molecule has 5 aromatic rings. The number of benzene rings is 5. The number of nitrogens with zero attached hydrogens (tertiary/aromatic N) is 1. The molecule has 0 radical (unpaired) electrons. The van der Waals surface area contributed by atoms with Crippen LogP contribution in [-0.2, 0) is 10.8 Å². The first-order chi connectivity index (χ1) is 20.8. The third kappa shape index (κ3) is 3.91. The first-order valence-electron chi connectivity index (χ1n) is 15.5. The maximum atomic E-state index is 2.62. The van der Waals surface area contributed by atoms with Gasteiger partial charge in [0.25, 0.3) is 0 Å². The van der Waals surface area contributed by atoms with Crippen molar-refractivity contribution in [3.63, 3.8) is 0 Å². The standard InChI is InChI=1S/C42H37N/c1-41(2)35-18-12-11-17-33(35)34-22-21-32(27-36(34)41)43-39-23-19-30(28-13-7-5-8-14-28)25-37(39)42(3,4)38-26-31(20-24-40(38)43)29-15-9-6-10-16-29/h5-27,37,39H,1-4H3. The van der Waals surface area contributed by atoms with Crippen molar-refractivity contribution in [2.24, 2.45) is 5.92 Å². The van der Waals surface area contributed by atoms with Gasteiger partial charge in [-0.1, -0.05) is 143 Å². The summed E-state index contributed by atoms with van der Waals surface area (Å²) in [7, 11) is 0. The fourth-order valence-corrected chi connectivity index (χ4v) is 7.94. The van der Waals surface area contributed by atoms with Crippen LogP contribution >= 0.6 is 0 Å². The van der Waals surface area contributed by atoms with Gasteiger partial charge in [-0.2, -0.15) is 0 Å². The average Bonchev–Trinajstić information content (AvgIpc) is 3.28. The lowest BCUT2D eigenvalue weighted by molar-refractivity contribution is 0.333. The van der Waals surface area contributed by atoms with E-state index in [0.717, 1.165) is 0 Å². The van der Waals surface area contributed by atoms with Crippen molar-refractivity contribution >= 4 is 16.9 Å². The second kappa shape index (κ2) is 9.44. The molecule has 5 aromatic carbocycles. The Bertz CT molecular complexity index is 1920. The van der Waals surface area contributed by atoms with Gasteiger partial charge in [0.1, 0.15) is 0 Å². The molecule has 2 unspecified atom stereocenters. The van der Waals surface area contributed by atoms with E-state index in [1.165, 1.54) is 61.5 Å². The van der Waals surface area contributed by atoms with E-state index in [4.69, 9.17) is 0 Å². The van der Waals surface area contributed by atoms with E-state index in [1.807, 2.05) is 0 Å². The van der Waals surface area contributed by atoms with Gasteiger partial charge in [-0.25, -0.2) is 0 Å². The Hall–Kier alpha value is -4.62. The summed E-state index contributed by atoms with van der Waals surface area (Å²) in [6, 6.07) is 45.1. The highest BCUT2D eigenvalue weighted by Crippen LogP contribution is 2.55. The summed E-state index contributed by atoms with van der Waals surface area (Å²) in [5, 5.41) is 0. The maximum absolute atomic E-state index is 2.62. The van der Waals surface area contributed by atoms with Gasteiger partial charge in [0.2, 0.25) is 0 Å². The normalized spacial score (nSPS) is 20.5. The molecule has 3 aliphatic rings. The monoisotopic (exact) mass is 555 g/mol. The number of hydrogen-bond donors (Lipinski definition) is 0. The Labute approximate surface area is 255 Å². The van der Waals surface area contributed by atoms with Gasteiger partial charge >= 0.3 is 0 Å². The minimum absolute atomic E-state index is 0.0425. The van der Waals surface area contributed by atoms with Crippen molar-refractivity contribution in [2.45, 2.75) is 44.6 Å². The predicted molar refractivity (Wildman–Crippen MR) is 182 cm³/mol. The maximum Gasteiger partial charge on any atom is 0.0597 e. The number of fused-ring (bicyclic) bond motifs is 5. The molecule has 1 nitrogen and oxygen atoms in total. The predicted octanol–water partition coefficient (Wildman–Crippen LogP) is 10.7. The lowest BCUT2D eigenvalue weighted by Gasteiger charge is -2.51. The van der Waals surface area contributed by atoms with Crippen LogP contribution in [0.15, 0.2) is 140 Å². The van der Waals surface area contributed by atoms with Crippen molar-refractivity contribution in [1.29, 1.82) is 0 Å². The summed E-state index contributed by atoms with van der Waals surface area (Å²) < 4.78 is 0. The van der Waals surface area contributed by atoms with Crippen LogP contribution < -0.4 is 4.90 Å². The number of rotatable bonds is 3. The highest BCUT2D eigenvalue weighted by atomic mass is 15.2. The molecule has 1 aliphatic heterocycles. The fourth-order valence-electron chi connectivity index (χ4n) is 7.94. The van der Waals surface area contributed by atoms with E-state index in [2.05, 4.69) is 172 Å². The van der Waals surface area contributed by atoms with Crippen LogP contribution in [0.3, 0.4) is 0 Å². The molecule has 210 valence electrons. The van der Waals surface area contributed by atoms with Gasteiger partial charge in [-0.3, -0.25) is 0 Å². The Morgan fingerprint density at radius 3 is 2.00 bits per heavy atom. The van der Waals surface area contributed by atoms with E-state index in [-0.39, 0.29) is 16.9 Å². The first-order valence-corrected chi connectivity index (χ1v) is 15.5. The van der Waals surface area contributed by atoms with Gasteiger partial charge < -0.3 is 4.90 Å². The molecule has 0 bridgehead atoms. The smallest absolute Gasteiger partial charge is 0.0597 e. The minimum atomic E-state index is -0.0711. The molecule has 0 N–H and O–H groups in total. The number of hydrogen-bond acceptors (Lipinski definition) is 1. The molecule has 0 saturated heterocycles. The van der Waals surface area contributed by atoms with Gasteiger partial charge in [0.15, 0.2) is 0 Å². The molecule has 43 heavy (non-hydrogen) atoms. The Morgan fingerprint density at radius 2 is 1.23 bits per heavy atom. The molecule has 1 heteroatoms. The third-order valence-corrected chi connectivity index (χ3v) is 10.3. The fraction of sp³-hybridized carbons (Fsp3) is 0.190. The van der Waals surface area contributed by atoms with E-state index in [9.17, 15) is 0 Å². The molecule has 1 heterocycles. The van der Waals surface area contributed by atoms with E-state index in [1.54, 1.807) is 0 Å². The average molecular weight is 556 g/mol. The van der Waals surface area contributed by atoms with Gasteiger partial charge in [-0.15, -0.1) is 0 Å². The second-order valence-corrected chi connectivity index (χ2v) is 13.5. The zero-order valence-corrected chi connectivity index (χ0v) is 25.4. The topological polar surface area (TPSA) is 3.24 Å². The summed E-state index contributed by atoms with van der Waals surface area (Å²) in [5.74, 6) is 0.296. The molecule has 2 aliphatic carbocycles. The highest BCUT2D eigenvalue weighted by Gasteiger charge is 2.46. The Morgan fingerprint density at radius 1 is 0.558 bits per heavy atom. The summed E-state index contributed by atoms with van der Waals surface area (Å²) in [4.78, 5) is 2.62. The SMILES string of the molecule is CC1(C)c2ccccc2-c2ccc(N3c4ccc(-c5ccccc5)cc4C(C)(C)C4C=C(c5ccccc5)C=CC43)cc21. The van der Waals surface area contributed by atoms with Crippen molar-refractivity contribution in [3.8, 4) is 22.3 Å². The zero-order valence-electron chi connectivity index (χ0n) is 25.4. The van der Waals surface area contributed by atoms with Crippen molar-refractivity contribution < 1.29 is 0 Å². The Balaban J connectivity index is 1.32. The molecule has 0 aromatic heterocycles. The van der Waals surface area contributed by atoms with Crippen molar-refractivity contribution in [1.82, 2.24) is 0 Å². The quantitative estimate of drug-likeness (QED) is 0.214. The van der Waals surface area contributed by atoms with E-state index in [0.29, 0.717) is 5.92 Å². The molecular weight excluding hydrogens is 518 g/mol. The highest BCUT2D eigenvalue weighted by molar-refractivity contribution is 5.86. The first kappa shape index (κ1) is 26.0. The van der Waals surface area contributed by atoms with Crippen LogP contribution in [0.25, 0.3) is 27.8 Å². The van der Waals surface area contributed by atoms with Crippen LogP contribution in [0.2, 0.25) is 0 Å². The minimum Gasteiger partial charge on any atom is -0.334 e. The van der Waals surface area contributed by atoms with Crippen LogP contribution in [-0.4, -0.2) is 6.04 Å². The van der Waals surface area contributed by atoms with Crippen LogP contribution in [0.4, 0.5) is 11.4 Å². The molecule has 8 rings (SSSR count). The molecule has 0 saturated carbocycles. The summed E-state index contributed by atoms with van der Waals surface area (Å²) in [6.45, 7) is 9.63. The van der Waals surface area contributed by atoms with Gasteiger partial charge in [0, 0.05) is 28.1 Å². The number of allylic oxidation sites excluding steroid dienone is 2. The lowest BCUT2D eigenvalue weighted by Crippen LogP contribution is -2.50. The van der Waals surface area contributed by atoms with Gasteiger partial charge in [0.05, 0.1) is 6.04 Å². The Kier molecular flexibility index (Phi) is 5.72. The van der Waals surface area contributed by atoms with Crippen molar-refractivity contribution in [2.75, 3.05) is 4.90 Å². The summed E-state index contributed by atoms with van der Waals surface area (Å²) >= 11 is 0. The summed E-state index contributed by atoms with van der Waals surface area (Å²) in [6.07, 6.45) is 7.34. The largest absolute Gasteiger partial charge is 0.334 e. The molecular formula is C42H37N. The second-order valence-electron chi connectivity index (χ2n) is 13.5. The molecule has 0 fully saturated rings. The number of anilines is 2. The van der Waals surface area contributed by atoms with Crippen LogP contribution in [0.5, 0.6) is 0 Å². The third-order valence-electron chi connectivity index (χ3n) is 10.3. The van der Waals surface area contributed by atoms with Crippen molar-refractivity contribution in [3.05, 3.63) is 162 Å². The lowest BCUT2D eigenvalue weighted by atomic mass is 9.64. The molecule has 2 atom stereocenters. The molecule has 0 amide bonds. The van der Waals surface area contributed by atoms with E-state index < -0.39 is 0 Å². The van der Waals surface area contributed by atoms with E-state index >= 15 is 0 Å². The molecule has 0 spiro atoms. The van der Waals surface area contributed by atoms with Gasteiger partial charge in [-0.05, 0) is 74.3 Å².